The monoisotopic (exact) mass is 447 g/mol. The van der Waals surface area contributed by atoms with Gasteiger partial charge in [-0.3, -0.25) is 9.59 Å². The van der Waals surface area contributed by atoms with Crippen LogP contribution in [0, 0.1) is 0 Å². The smallest absolute Gasteiger partial charge is 0.257 e. The molecule has 0 bridgehead atoms. The molecule has 2 aromatic rings. The maximum atomic E-state index is 13.0. The zero-order valence-corrected chi connectivity index (χ0v) is 18.4. The van der Waals surface area contributed by atoms with Crippen LogP contribution in [0.25, 0.3) is 0 Å². The Hall–Kier alpha value is -3.11. The lowest BCUT2D eigenvalue weighted by Gasteiger charge is -2.35. The van der Waals surface area contributed by atoms with E-state index >= 15 is 0 Å². The second-order valence-electron chi connectivity index (χ2n) is 7.25. The number of amides is 2. The number of phenolic OH excluding ortho intramolecular Hbond substituents is 1. The van der Waals surface area contributed by atoms with Gasteiger partial charge in [-0.15, -0.1) is 0 Å². The maximum Gasteiger partial charge on any atom is 0.257 e. The van der Waals surface area contributed by atoms with Crippen LogP contribution in [-0.4, -0.2) is 86.8 Å². The number of aromatic hydroxyl groups is 1. The second kappa shape index (κ2) is 8.94. The number of carbonyl (C=O) groups excluding carboxylic acids is 2. The molecule has 0 saturated carbocycles. The van der Waals surface area contributed by atoms with Gasteiger partial charge in [0.25, 0.3) is 11.8 Å². The van der Waals surface area contributed by atoms with E-state index in [9.17, 15) is 23.1 Å². The molecule has 1 aliphatic heterocycles. The van der Waals surface area contributed by atoms with Gasteiger partial charge in [-0.1, -0.05) is 12.1 Å². The van der Waals surface area contributed by atoms with Gasteiger partial charge in [0, 0.05) is 45.8 Å². The third-order valence-electron chi connectivity index (χ3n) is 5.16. The van der Waals surface area contributed by atoms with Crippen molar-refractivity contribution < 1.29 is 27.9 Å². The first-order valence-corrected chi connectivity index (χ1v) is 11.1. The van der Waals surface area contributed by atoms with Crippen LogP contribution in [0.3, 0.4) is 0 Å². The molecule has 0 unspecified atom stereocenters. The Labute approximate surface area is 181 Å². The van der Waals surface area contributed by atoms with E-state index in [0.717, 1.165) is 4.31 Å². The number of piperazine rings is 1. The van der Waals surface area contributed by atoms with Gasteiger partial charge in [-0.05, 0) is 30.3 Å². The predicted octanol–water partition coefficient (Wildman–Crippen LogP) is 1.25. The van der Waals surface area contributed by atoms with Gasteiger partial charge >= 0.3 is 0 Å². The third kappa shape index (κ3) is 4.49. The van der Waals surface area contributed by atoms with E-state index in [-0.39, 0.29) is 39.3 Å². The van der Waals surface area contributed by atoms with Crippen LogP contribution in [0.1, 0.15) is 20.7 Å². The van der Waals surface area contributed by atoms with Crippen molar-refractivity contribution in [1.29, 1.82) is 0 Å². The third-order valence-corrected chi connectivity index (χ3v) is 6.99. The molecule has 0 spiro atoms. The van der Waals surface area contributed by atoms with Gasteiger partial charge in [-0.25, -0.2) is 12.7 Å². The van der Waals surface area contributed by atoms with Crippen molar-refractivity contribution in [2.45, 2.75) is 4.90 Å². The summed E-state index contributed by atoms with van der Waals surface area (Å²) in [5, 5.41) is 9.90. The minimum absolute atomic E-state index is 0.0841. The molecular weight excluding hydrogens is 422 g/mol. The topological polar surface area (TPSA) is 107 Å². The van der Waals surface area contributed by atoms with Crippen LogP contribution in [0.4, 0.5) is 0 Å². The number of carbonyl (C=O) groups is 2. The number of benzene rings is 2. The summed E-state index contributed by atoms with van der Waals surface area (Å²) >= 11 is 0. The molecule has 166 valence electrons. The highest BCUT2D eigenvalue weighted by atomic mass is 32.2. The van der Waals surface area contributed by atoms with Gasteiger partial charge in [0.1, 0.15) is 16.4 Å². The van der Waals surface area contributed by atoms with Gasteiger partial charge in [0.05, 0.1) is 12.7 Å². The number of sulfonamides is 1. The molecule has 0 atom stereocenters. The van der Waals surface area contributed by atoms with Crippen molar-refractivity contribution in [2.75, 3.05) is 47.4 Å². The zero-order chi connectivity index (χ0) is 22.8. The van der Waals surface area contributed by atoms with E-state index in [4.69, 9.17) is 4.74 Å². The van der Waals surface area contributed by atoms with E-state index in [1.807, 2.05) is 0 Å². The van der Waals surface area contributed by atoms with Crippen molar-refractivity contribution in [3.05, 3.63) is 53.6 Å². The lowest BCUT2D eigenvalue weighted by Crippen LogP contribution is -2.50. The van der Waals surface area contributed by atoms with Crippen LogP contribution < -0.4 is 4.74 Å². The minimum Gasteiger partial charge on any atom is -0.507 e. The molecule has 3 rings (SSSR count). The number of para-hydroxylation sites is 1. The Morgan fingerprint density at radius 2 is 1.55 bits per heavy atom. The Morgan fingerprint density at radius 1 is 0.968 bits per heavy atom. The van der Waals surface area contributed by atoms with Crippen LogP contribution in [-0.2, 0) is 10.0 Å². The molecule has 0 aromatic heterocycles. The number of hydrogen-bond donors (Lipinski definition) is 1. The lowest BCUT2D eigenvalue weighted by atomic mass is 10.1. The molecule has 1 aliphatic rings. The van der Waals surface area contributed by atoms with Crippen molar-refractivity contribution in [3.63, 3.8) is 0 Å². The van der Waals surface area contributed by atoms with Crippen molar-refractivity contribution in [3.8, 4) is 11.5 Å². The molecular formula is C21H25N3O6S. The standard InChI is InChI=1S/C21H25N3O6S/c1-22(2)31(28,29)19-14-15(8-9-18(19)30-3)20(26)23-10-12-24(13-11-23)21(27)16-6-4-5-7-17(16)25/h4-9,14,25H,10-13H2,1-3H3. The van der Waals surface area contributed by atoms with E-state index < -0.39 is 10.0 Å². The van der Waals surface area contributed by atoms with Gasteiger partial charge in [0.2, 0.25) is 10.0 Å². The van der Waals surface area contributed by atoms with Crippen LogP contribution >= 0.6 is 0 Å². The Bertz CT molecular complexity index is 1090. The fourth-order valence-electron chi connectivity index (χ4n) is 3.33. The first-order chi connectivity index (χ1) is 14.7. The predicted molar refractivity (Wildman–Crippen MR) is 114 cm³/mol. The summed E-state index contributed by atoms with van der Waals surface area (Å²) in [5.41, 5.74) is 0.442. The largest absolute Gasteiger partial charge is 0.507 e. The molecule has 0 radical (unpaired) electrons. The normalized spacial score (nSPS) is 14.6. The second-order valence-corrected chi connectivity index (χ2v) is 9.37. The summed E-state index contributed by atoms with van der Waals surface area (Å²) in [6.07, 6.45) is 0. The molecule has 0 aliphatic carbocycles. The van der Waals surface area contributed by atoms with Crippen LogP contribution in [0.2, 0.25) is 0 Å². The summed E-state index contributed by atoms with van der Waals surface area (Å²) in [6.45, 7) is 1.19. The van der Waals surface area contributed by atoms with Crippen LogP contribution in [0.15, 0.2) is 47.4 Å². The molecule has 1 saturated heterocycles. The average molecular weight is 448 g/mol. The van der Waals surface area contributed by atoms with Crippen molar-refractivity contribution >= 4 is 21.8 Å². The maximum absolute atomic E-state index is 13.0. The van der Waals surface area contributed by atoms with E-state index in [0.29, 0.717) is 26.2 Å². The molecule has 10 heteroatoms. The Morgan fingerprint density at radius 3 is 2.10 bits per heavy atom. The fraction of sp³-hybridized carbons (Fsp3) is 0.333. The quantitative estimate of drug-likeness (QED) is 0.739. The number of nitrogens with zero attached hydrogens (tertiary/aromatic N) is 3. The van der Waals surface area contributed by atoms with E-state index in [1.165, 1.54) is 45.5 Å². The number of methoxy groups -OCH3 is 1. The van der Waals surface area contributed by atoms with Crippen molar-refractivity contribution in [1.82, 2.24) is 14.1 Å². The number of ether oxygens (including phenoxy) is 1. The molecule has 2 amide bonds. The molecule has 1 heterocycles. The highest BCUT2D eigenvalue weighted by molar-refractivity contribution is 7.89. The lowest BCUT2D eigenvalue weighted by molar-refractivity contribution is 0.0533. The Balaban J connectivity index is 1.75. The van der Waals surface area contributed by atoms with E-state index in [1.54, 1.807) is 28.0 Å². The molecule has 31 heavy (non-hydrogen) atoms. The van der Waals surface area contributed by atoms with Gasteiger partial charge < -0.3 is 19.6 Å². The van der Waals surface area contributed by atoms with Gasteiger partial charge in [-0.2, -0.15) is 0 Å². The van der Waals surface area contributed by atoms with Gasteiger partial charge in [0.15, 0.2) is 0 Å². The first kappa shape index (κ1) is 22.6. The number of phenols is 1. The average Bonchev–Trinajstić information content (AvgIpc) is 2.78. The Kier molecular flexibility index (Phi) is 6.51. The zero-order valence-electron chi connectivity index (χ0n) is 17.6. The fourth-order valence-corrected chi connectivity index (χ4v) is 4.40. The van der Waals surface area contributed by atoms with Crippen LogP contribution in [0.5, 0.6) is 11.5 Å². The summed E-state index contributed by atoms with van der Waals surface area (Å²) in [4.78, 5) is 28.7. The number of hydrogen-bond acceptors (Lipinski definition) is 6. The molecule has 1 N–H and O–H groups in total. The first-order valence-electron chi connectivity index (χ1n) is 9.64. The highest BCUT2D eigenvalue weighted by Crippen LogP contribution is 2.27. The highest BCUT2D eigenvalue weighted by Gasteiger charge is 2.29. The summed E-state index contributed by atoms with van der Waals surface area (Å²) in [7, 11) is 0.381. The molecule has 9 nitrogen and oxygen atoms in total. The van der Waals surface area contributed by atoms with E-state index in [2.05, 4.69) is 0 Å². The molecule has 2 aromatic carbocycles. The number of rotatable bonds is 5. The van der Waals surface area contributed by atoms with Crippen molar-refractivity contribution in [2.24, 2.45) is 0 Å². The molecule has 1 fully saturated rings. The SMILES string of the molecule is COc1ccc(C(=O)N2CCN(C(=O)c3ccccc3O)CC2)cc1S(=O)(=O)N(C)C. The minimum atomic E-state index is -3.80. The summed E-state index contributed by atoms with van der Waals surface area (Å²) in [5.74, 6) is -0.552. The summed E-state index contributed by atoms with van der Waals surface area (Å²) in [6, 6.07) is 10.6. The summed E-state index contributed by atoms with van der Waals surface area (Å²) < 4.78 is 31.4.